The molecule has 3 rings (SSSR count). The van der Waals surface area contributed by atoms with E-state index in [2.05, 4.69) is 50.2 Å². The monoisotopic (exact) mass is 516 g/mol. The molecule has 0 bridgehead atoms. The van der Waals surface area contributed by atoms with Crippen LogP contribution in [0.15, 0.2) is 64.7 Å². The summed E-state index contributed by atoms with van der Waals surface area (Å²) in [6.45, 7) is 8.44. The maximum Gasteiger partial charge on any atom is 0.234 e. The van der Waals surface area contributed by atoms with E-state index in [-0.39, 0.29) is 11.7 Å². The minimum atomic E-state index is -0.0633. The summed E-state index contributed by atoms with van der Waals surface area (Å²) >= 11 is 6.67. The van der Waals surface area contributed by atoms with Crippen molar-refractivity contribution >= 4 is 51.0 Å². The third-order valence-electron chi connectivity index (χ3n) is 4.54. The van der Waals surface area contributed by atoms with Crippen LogP contribution in [-0.4, -0.2) is 26.4 Å². The molecule has 0 fully saturated rings. The Labute approximate surface area is 200 Å². The molecule has 0 saturated carbocycles. The zero-order valence-corrected chi connectivity index (χ0v) is 20.8. The Balaban J connectivity index is 1.59. The molecule has 1 N–H and O–H groups in total. The Morgan fingerprint density at radius 1 is 1.16 bits per heavy atom. The average Bonchev–Trinajstić information content (AvgIpc) is 3.12. The number of benzene rings is 2. The van der Waals surface area contributed by atoms with Crippen molar-refractivity contribution in [3.05, 3.63) is 82.1 Å². The predicted octanol–water partition coefficient (Wildman–Crippen LogP) is 6.01. The first kappa shape index (κ1) is 23.6. The number of rotatable bonds is 10. The highest BCUT2D eigenvalue weighted by molar-refractivity contribution is 9.10. The van der Waals surface area contributed by atoms with Crippen LogP contribution >= 0.6 is 39.5 Å². The van der Waals surface area contributed by atoms with Gasteiger partial charge in [-0.1, -0.05) is 64.1 Å². The third kappa shape index (κ3) is 6.72. The maximum atomic E-state index is 12.6. The summed E-state index contributed by atoms with van der Waals surface area (Å²) in [6, 6.07) is 14.4. The van der Waals surface area contributed by atoms with Crippen molar-refractivity contribution in [3.8, 4) is 0 Å². The fourth-order valence-corrected chi connectivity index (χ4v) is 5.47. The predicted molar refractivity (Wildman–Crippen MR) is 135 cm³/mol. The van der Waals surface area contributed by atoms with Gasteiger partial charge in [0.2, 0.25) is 5.91 Å². The number of anilines is 1. The molecular weight excluding hydrogens is 492 g/mol. The van der Waals surface area contributed by atoms with Gasteiger partial charge in [0, 0.05) is 22.5 Å². The summed E-state index contributed by atoms with van der Waals surface area (Å²) in [5, 5.41) is 12.4. The van der Waals surface area contributed by atoms with E-state index in [0.29, 0.717) is 6.54 Å². The van der Waals surface area contributed by atoms with Crippen molar-refractivity contribution < 1.29 is 4.79 Å². The minimum absolute atomic E-state index is 0.0633. The fraction of sp³-hybridized carbons (Fsp3) is 0.261. The van der Waals surface area contributed by atoms with E-state index >= 15 is 0 Å². The minimum Gasteiger partial charge on any atom is -0.325 e. The molecule has 0 saturated heterocycles. The molecule has 0 aliphatic heterocycles. The number of hydrogen-bond acceptors (Lipinski definition) is 5. The Hall–Kier alpha value is -2.03. The summed E-state index contributed by atoms with van der Waals surface area (Å²) < 4.78 is 3.03. The SMILES string of the molecule is C=CCn1c(CSCc2ccccc2)nnc1SCC(=O)Nc1c(C)cc(Br)cc1C. The maximum absolute atomic E-state index is 12.6. The number of halogens is 1. The smallest absolute Gasteiger partial charge is 0.234 e. The van der Waals surface area contributed by atoms with Crippen molar-refractivity contribution in [2.24, 2.45) is 0 Å². The number of amides is 1. The van der Waals surface area contributed by atoms with E-state index in [1.165, 1.54) is 17.3 Å². The normalized spacial score (nSPS) is 10.8. The number of aryl methyl sites for hydroxylation is 2. The van der Waals surface area contributed by atoms with Gasteiger partial charge >= 0.3 is 0 Å². The number of carbonyl (C=O) groups is 1. The van der Waals surface area contributed by atoms with E-state index in [9.17, 15) is 4.79 Å². The van der Waals surface area contributed by atoms with Gasteiger partial charge < -0.3 is 9.88 Å². The second-order valence-corrected chi connectivity index (χ2v) is 9.87. The topological polar surface area (TPSA) is 59.8 Å². The summed E-state index contributed by atoms with van der Waals surface area (Å²) in [6.07, 6.45) is 1.83. The molecule has 0 atom stereocenters. The Bertz CT molecular complexity index is 1030. The van der Waals surface area contributed by atoms with Crippen LogP contribution in [0.4, 0.5) is 5.69 Å². The molecule has 5 nitrogen and oxygen atoms in total. The summed E-state index contributed by atoms with van der Waals surface area (Å²) in [5.74, 6) is 2.76. The van der Waals surface area contributed by atoms with Gasteiger partial charge in [0.05, 0.1) is 11.5 Å². The molecule has 31 heavy (non-hydrogen) atoms. The van der Waals surface area contributed by atoms with Gasteiger partial charge in [0.1, 0.15) is 5.82 Å². The lowest BCUT2D eigenvalue weighted by atomic mass is 10.1. The van der Waals surface area contributed by atoms with Crippen LogP contribution in [0.3, 0.4) is 0 Å². The summed E-state index contributed by atoms with van der Waals surface area (Å²) in [5.41, 5.74) is 4.20. The molecular formula is C23H25BrN4OS2. The van der Waals surface area contributed by atoms with Gasteiger partial charge in [-0.15, -0.1) is 28.5 Å². The van der Waals surface area contributed by atoms with Crippen LogP contribution in [-0.2, 0) is 22.8 Å². The number of allylic oxidation sites excluding steroid dienone is 1. The first-order valence-corrected chi connectivity index (χ1v) is 12.7. The van der Waals surface area contributed by atoms with E-state index < -0.39 is 0 Å². The molecule has 1 amide bonds. The average molecular weight is 518 g/mol. The van der Waals surface area contributed by atoms with Crippen molar-refractivity contribution in [2.45, 2.75) is 37.1 Å². The lowest BCUT2D eigenvalue weighted by molar-refractivity contribution is -0.113. The molecule has 0 aliphatic carbocycles. The molecule has 0 aliphatic rings. The second-order valence-electron chi connectivity index (χ2n) is 7.03. The van der Waals surface area contributed by atoms with Crippen LogP contribution in [0.2, 0.25) is 0 Å². The molecule has 1 heterocycles. The van der Waals surface area contributed by atoms with Crippen LogP contribution in [0.25, 0.3) is 0 Å². The molecule has 0 radical (unpaired) electrons. The first-order valence-electron chi connectivity index (χ1n) is 9.82. The lowest BCUT2D eigenvalue weighted by Crippen LogP contribution is -2.16. The van der Waals surface area contributed by atoms with E-state index in [1.807, 2.05) is 54.8 Å². The molecule has 2 aromatic carbocycles. The number of hydrogen-bond donors (Lipinski definition) is 1. The number of thioether (sulfide) groups is 2. The number of aromatic nitrogens is 3. The van der Waals surface area contributed by atoms with E-state index in [4.69, 9.17) is 0 Å². The Morgan fingerprint density at radius 3 is 2.55 bits per heavy atom. The molecule has 162 valence electrons. The molecule has 1 aromatic heterocycles. The molecule has 8 heteroatoms. The van der Waals surface area contributed by atoms with Crippen molar-refractivity contribution in [2.75, 3.05) is 11.1 Å². The Kier molecular flexibility index (Phi) is 8.80. The van der Waals surface area contributed by atoms with E-state index in [1.54, 1.807) is 11.8 Å². The quantitative estimate of drug-likeness (QED) is 0.264. The largest absolute Gasteiger partial charge is 0.325 e. The Morgan fingerprint density at radius 2 is 1.87 bits per heavy atom. The molecule has 0 spiro atoms. The summed E-state index contributed by atoms with van der Waals surface area (Å²) in [7, 11) is 0. The van der Waals surface area contributed by atoms with Gasteiger partial charge in [0.15, 0.2) is 5.16 Å². The standard InChI is InChI=1S/C23H25BrN4OS2/c1-4-10-28-20(14-30-13-18-8-6-5-7-9-18)26-27-23(28)31-15-21(29)25-22-16(2)11-19(24)12-17(22)3/h4-9,11-12H,1,10,13-15H2,2-3H3,(H,25,29). The highest BCUT2D eigenvalue weighted by Crippen LogP contribution is 2.26. The highest BCUT2D eigenvalue weighted by atomic mass is 79.9. The van der Waals surface area contributed by atoms with Crippen molar-refractivity contribution in [1.29, 1.82) is 0 Å². The zero-order chi connectivity index (χ0) is 22.2. The second kappa shape index (κ2) is 11.5. The van der Waals surface area contributed by atoms with Gasteiger partial charge in [-0.2, -0.15) is 0 Å². The van der Waals surface area contributed by atoms with Gasteiger partial charge in [-0.3, -0.25) is 4.79 Å². The highest BCUT2D eigenvalue weighted by Gasteiger charge is 2.15. The fourth-order valence-electron chi connectivity index (χ4n) is 3.09. The zero-order valence-electron chi connectivity index (χ0n) is 17.6. The number of carbonyl (C=O) groups excluding carboxylic acids is 1. The third-order valence-corrected chi connectivity index (χ3v) is 6.97. The van der Waals surface area contributed by atoms with Gasteiger partial charge in [0.25, 0.3) is 0 Å². The first-order chi connectivity index (χ1) is 15.0. The van der Waals surface area contributed by atoms with Crippen molar-refractivity contribution in [3.63, 3.8) is 0 Å². The van der Waals surface area contributed by atoms with Crippen LogP contribution in [0, 0.1) is 13.8 Å². The van der Waals surface area contributed by atoms with Crippen LogP contribution in [0.1, 0.15) is 22.5 Å². The van der Waals surface area contributed by atoms with Crippen LogP contribution < -0.4 is 5.32 Å². The van der Waals surface area contributed by atoms with Gasteiger partial charge in [-0.05, 0) is 42.7 Å². The molecule has 3 aromatic rings. The lowest BCUT2D eigenvalue weighted by Gasteiger charge is -2.12. The molecule has 0 unspecified atom stereocenters. The van der Waals surface area contributed by atoms with Crippen LogP contribution in [0.5, 0.6) is 0 Å². The number of nitrogens with zero attached hydrogens (tertiary/aromatic N) is 3. The summed E-state index contributed by atoms with van der Waals surface area (Å²) in [4.78, 5) is 12.6. The van der Waals surface area contributed by atoms with Gasteiger partial charge in [-0.25, -0.2) is 0 Å². The van der Waals surface area contributed by atoms with E-state index in [0.717, 1.165) is 43.8 Å². The van der Waals surface area contributed by atoms with Crippen molar-refractivity contribution in [1.82, 2.24) is 14.8 Å². The number of nitrogens with one attached hydrogen (secondary N) is 1.